The van der Waals surface area contributed by atoms with Crippen LogP contribution in [0.2, 0.25) is 0 Å². The lowest BCUT2D eigenvalue weighted by Gasteiger charge is -2.12. The maximum atomic E-state index is 5.61. The maximum absolute atomic E-state index is 5.61. The quantitative estimate of drug-likeness (QED) is 0.926. The van der Waals surface area contributed by atoms with Gasteiger partial charge in [-0.1, -0.05) is 30.3 Å². The van der Waals surface area contributed by atoms with Crippen LogP contribution in [-0.2, 0) is 4.74 Å². The molecule has 1 N–H and O–H groups in total. The first-order chi connectivity index (χ1) is 9.81. The van der Waals surface area contributed by atoms with Gasteiger partial charge in [-0.15, -0.1) is 0 Å². The predicted octanol–water partition coefficient (Wildman–Crippen LogP) is 3.04. The highest BCUT2D eigenvalue weighted by molar-refractivity contribution is 5.57. The summed E-state index contributed by atoms with van der Waals surface area (Å²) in [7, 11) is 0. The predicted molar refractivity (Wildman–Crippen MR) is 79.7 cm³/mol. The van der Waals surface area contributed by atoms with Gasteiger partial charge in [0.1, 0.15) is 5.82 Å². The van der Waals surface area contributed by atoms with Crippen molar-refractivity contribution in [3.05, 3.63) is 42.1 Å². The van der Waals surface area contributed by atoms with Gasteiger partial charge in [0, 0.05) is 30.5 Å². The van der Waals surface area contributed by atoms with Gasteiger partial charge in [0.05, 0.1) is 6.10 Å². The molecule has 1 saturated heterocycles. The van der Waals surface area contributed by atoms with Crippen molar-refractivity contribution in [3.63, 3.8) is 0 Å². The maximum Gasteiger partial charge on any atom is 0.161 e. The number of hydrogen-bond donors (Lipinski definition) is 1. The summed E-state index contributed by atoms with van der Waals surface area (Å²) in [5.41, 5.74) is 2.00. The molecule has 1 atom stereocenters. The zero-order valence-electron chi connectivity index (χ0n) is 11.7. The normalized spacial score (nSPS) is 18.1. The number of nitrogens with one attached hydrogen (secondary N) is 1. The second-order valence-corrected chi connectivity index (χ2v) is 5.10. The van der Waals surface area contributed by atoms with Crippen molar-refractivity contribution in [3.8, 4) is 11.4 Å². The number of benzene rings is 1. The molecule has 0 bridgehead atoms. The molecule has 104 valence electrons. The molecule has 2 aromatic rings. The Morgan fingerprint density at radius 3 is 2.85 bits per heavy atom. The molecule has 1 unspecified atom stereocenters. The van der Waals surface area contributed by atoms with Crippen molar-refractivity contribution < 1.29 is 4.74 Å². The lowest BCUT2D eigenvalue weighted by molar-refractivity contribution is 0.120. The fourth-order valence-electron chi connectivity index (χ4n) is 2.40. The average Bonchev–Trinajstić information content (AvgIpc) is 2.99. The molecule has 1 aliphatic rings. The minimum absolute atomic E-state index is 0.311. The van der Waals surface area contributed by atoms with Gasteiger partial charge in [-0.25, -0.2) is 9.97 Å². The van der Waals surface area contributed by atoms with Crippen LogP contribution in [0, 0.1) is 6.92 Å². The van der Waals surface area contributed by atoms with Crippen molar-refractivity contribution in [2.45, 2.75) is 25.9 Å². The minimum atomic E-state index is 0.311. The zero-order chi connectivity index (χ0) is 13.8. The van der Waals surface area contributed by atoms with E-state index in [9.17, 15) is 0 Å². The van der Waals surface area contributed by atoms with Crippen LogP contribution in [-0.4, -0.2) is 29.2 Å². The molecule has 0 radical (unpaired) electrons. The molecular formula is C16H19N3O. The Morgan fingerprint density at radius 2 is 2.10 bits per heavy atom. The largest absolute Gasteiger partial charge is 0.376 e. The average molecular weight is 269 g/mol. The van der Waals surface area contributed by atoms with E-state index < -0.39 is 0 Å². The number of rotatable bonds is 4. The molecule has 2 heterocycles. The molecule has 20 heavy (non-hydrogen) atoms. The van der Waals surface area contributed by atoms with Gasteiger partial charge >= 0.3 is 0 Å². The Balaban J connectivity index is 1.76. The highest BCUT2D eigenvalue weighted by atomic mass is 16.5. The first kappa shape index (κ1) is 13.1. The van der Waals surface area contributed by atoms with E-state index in [0.717, 1.165) is 48.9 Å². The molecule has 4 heteroatoms. The summed E-state index contributed by atoms with van der Waals surface area (Å²) < 4.78 is 5.61. The van der Waals surface area contributed by atoms with Crippen LogP contribution in [0.15, 0.2) is 36.4 Å². The third-order valence-electron chi connectivity index (χ3n) is 3.42. The van der Waals surface area contributed by atoms with Crippen LogP contribution in [0.5, 0.6) is 0 Å². The molecule has 3 rings (SSSR count). The number of nitrogens with zero attached hydrogens (tertiary/aromatic N) is 2. The molecular weight excluding hydrogens is 250 g/mol. The van der Waals surface area contributed by atoms with Crippen LogP contribution < -0.4 is 5.32 Å². The van der Waals surface area contributed by atoms with E-state index in [0.29, 0.717) is 6.10 Å². The first-order valence-corrected chi connectivity index (χ1v) is 7.08. The summed E-state index contributed by atoms with van der Waals surface area (Å²) in [5, 5.41) is 3.36. The summed E-state index contributed by atoms with van der Waals surface area (Å²) in [5.74, 6) is 1.63. The Kier molecular flexibility index (Phi) is 3.92. The molecule has 4 nitrogen and oxygen atoms in total. The van der Waals surface area contributed by atoms with E-state index in [-0.39, 0.29) is 0 Å². The number of hydrogen-bond acceptors (Lipinski definition) is 4. The lowest BCUT2D eigenvalue weighted by Crippen LogP contribution is -2.19. The van der Waals surface area contributed by atoms with E-state index in [1.807, 2.05) is 43.3 Å². The van der Waals surface area contributed by atoms with E-state index in [1.165, 1.54) is 0 Å². The van der Waals surface area contributed by atoms with Crippen LogP contribution >= 0.6 is 0 Å². The van der Waals surface area contributed by atoms with Gasteiger partial charge in [0.25, 0.3) is 0 Å². The van der Waals surface area contributed by atoms with Gasteiger partial charge in [-0.05, 0) is 19.8 Å². The van der Waals surface area contributed by atoms with E-state index >= 15 is 0 Å². The lowest BCUT2D eigenvalue weighted by atomic mass is 10.2. The SMILES string of the molecule is Cc1cc(NCC2CCCO2)nc(-c2ccccc2)n1. The van der Waals surface area contributed by atoms with Crippen molar-refractivity contribution in [2.75, 3.05) is 18.5 Å². The number of aromatic nitrogens is 2. The first-order valence-electron chi connectivity index (χ1n) is 7.08. The van der Waals surface area contributed by atoms with Gasteiger partial charge < -0.3 is 10.1 Å². The molecule has 1 aliphatic heterocycles. The molecule has 1 aromatic carbocycles. The minimum Gasteiger partial charge on any atom is -0.376 e. The van der Waals surface area contributed by atoms with Crippen molar-refractivity contribution in [1.82, 2.24) is 9.97 Å². The summed E-state index contributed by atoms with van der Waals surface area (Å²) in [6.45, 7) is 3.68. The fraction of sp³-hybridized carbons (Fsp3) is 0.375. The highest BCUT2D eigenvalue weighted by Gasteiger charge is 2.15. The van der Waals surface area contributed by atoms with Crippen molar-refractivity contribution in [2.24, 2.45) is 0 Å². The van der Waals surface area contributed by atoms with E-state index in [2.05, 4.69) is 15.3 Å². The van der Waals surface area contributed by atoms with Crippen LogP contribution in [0.3, 0.4) is 0 Å². The van der Waals surface area contributed by atoms with E-state index in [1.54, 1.807) is 0 Å². The van der Waals surface area contributed by atoms with Gasteiger partial charge in [0.15, 0.2) is 5.82 Å². The van der Waals surface area contributed by atoms with Crippen LogP contribution in [0.4, 0.5) is 5.82 Å². The van der Waals surface area contributed by atoms with E-state index in [4.69, 9.17) is 4.74 Å². The molecule has 1 fully saturated rings. The van der Waals surface area contributed by atoms with Gasteiger partial charge in [0.2, 0.25) is 0 Å². The Hall–Kier alpha value is -1.94. The summed E-state index contributed by atoms with van der Waals surface area (Å²) in [4.78, 5) is 9.09. The van der Waals surface area contributed by atoms with Crippen LogP contribution in [0.25, 0.3) is 11.4 Å². The fourth-order valence-corrected chi connectivity index (χ4v) is 2.40. The molecule has 1 aromatic heterocycles. The Labute approximate surface area is 119 Å². The third-order valence-corrected chi connectivity index (χ3v) is 3.42. The topological polar surface area (TPSA) is 47.0 Å². The number of aryl methyl sites for hydroxylation is 1. The van der Waals surface area contributed by atoms with Crippen LogP contribution in [0.1, 0.15) is 18.5 Å². The highest BCUT2D eigenvalue weighted by Crippen LogP contribution is 2.18. The molecule has 0 saturated carbocycles. The molecule has 0 spiro atoms. The second-order valence-electron chi connectivity index (χ2n) is 5.10. The smallest absolute Gasteiger partial charge is 0.161 e. The Bertz CT molecular complexity index is 565. The zero-order valence-corrected chi connectivity index (χ0v) is 11.7. The molecule has 0 aliphatic carbocycles. The molecule has 0 amide bonds. The Morgan fingerprint density at radius 1 is 1.25 bits per heavy atom. The van der Waals surface area contributed by atoms with Crippen molar-refractivity contribution in [1.29, 1.82) is 0 Å². The summed E-state index contributed by atoms with van der Waals surface area (Å²) >= 11 is 0. The number of anilines is 1. The number of ether oxygens (including phenoxy) is 1. The standard InChI is InChI=1S/C16H19N3O/c1-12-10-15(17-11-14-8-5-9-20-14)19-16(18-12)13-6-3-2-4-7-13/h2-4,6-7,10,14H,5,8-9,11H2,1H3,(H,17,18,19). The monoisotopic (exact) mass is 269 g/mol. The summed E-state index contributed by atoms with van der Waals surface area (Å²) in [6.07, 6.45) is 2.60. The van der Waals surface area contributed by atoms with Gasteiger partial charge in [-0.2, -0.15) is 0 Å². The van der Waals surface area contributed by atoms with Crippen molar-refractivity contribution >= 4 is 5.82 Å². The summed E-state index contributed by atoms with van der Waals surface area (Å²) in [6, 6.07) is 12.0. The van der Waals surface area contributed by atoms with Gasteiger partial charge in [-0.3, -0.25) is 0 Å². The second kappa shape index (κ2) is 6.01. The third kappa shape index (κ3) is 3.14.